The van der Waals surface area contributed by atoms with Gasteiger partial charge in [-0.1, -0.05) is 17.7 Å². The molecule has 6 nitrogen and oxygen atoms in total. The predicted molar refractivity (Wildman–Crippen MR) is 95.3 cm³/mol. The number of hydrogen-bond donors (Lipinski definition) is 1. The van der Waals surface area contributed by atoms with Crippen LogP contribution in [0.1, 0.15) is 46.7 Å². The van der Waals surface area contributed by atoms with E-state index in [1.54, 1.807) is 17.0 Å². The molecule has 1 amide bonds. The zero-order valence-electron chi connectivity index (χ0n) is 15.0. The first-order chi connectivity index (χ1) is 12.4. The van der Waals surface area contributed by atoms with Gasteiger partial charge in [0.1, 0.15) is 18.1 Å². The van der Waals surface area contributed by atoms with Crippen molar-refractivity contribution in [1.82, 2.24) is 4.90 Å². The number of ether oxygens (including phenoxy) is 1. The summed E-state index contributed by atoms with van der Waals surface area (Å²) in [5.41, 5.74) is 2.21. The number of nitrogens with zero attached hydrogens (tertiary/aromatic N) is 1. The van der Waals surface area contributed by atoms with Crippen molar-refractivity contribution in [3.8, 4) is 5.75 Å². The summed E-state index contributed by atoms with van der Waals surface area (Å²) in [7, 11) is 0. The average Bonchev–Trinajstić information content (AvgIpc) is 3.22. The third-order valence-electron chi connectivity index (χ3n) is 4.62. The SMILES string of the molecule is Cc1ccc(OCc2ccc(C(=O)N3CCCC3CC(=O)O)o2)c(C)c1. The van der Waals surface area contributed by atoms with Crippen LogP contribution in [0, 0.1) is 13.8 Å². The van der Waals surface area contributed by atoms with Crippen molar-refractivity contribution in [3.05, 3.63) is 53.0 Å². The van der Waals surface area contributed by atoms with Gasteiger partial charge in [-0.15, -0.1) is 0 Å². The summed E-state index contributed by atoms with van der Waals surface area (Å²) in [4.78, 5) is 25.2. The summed E-state index contributed by atoms with van der Waals surface area (Å²) in [6.45, 7) is 4.80. The van der Waals surface area contributed by atoms with E-state index in [0.29, 0.717) is 18.7 Å². The molecule has 1 aliphatic heterocycles. The molecule has 6 heteroatoms. The van der Waals surface area contributed by atoms with Gasteiger partial charge in [0.15, 0.2) is 5.76 Å². The van der Waals surface area contributed by atoms with E-state index >= 15 is 0 Å². The summed E-state index contributed by atoms with van der Waals surface area (Å²) in [5.74, 6) is 0.410. The van der Waals surface area contributed by atoms with Gasteiger partial charge in [0.05, 0.1) is 6.42 Å². The Labute approximate surface area is 152 Å². The van der Waals surface area contributed by atoms with Crippen LogP contribution in [0.15, 0.2) is 34.7 Å². The van der Waals surface area contributed by atoms with Crippen molar-refractivity contribution < 1.29 is 23.8 Å². The van der Waals surface area contributed by atoms with E-state index in [0.717, 1.165) is 17.7 Å². The van der Waals surface area contributed by atoms with Gasteiger partial charge in [-0.2, -0.15) is 0 Å². The first kappa shape index (κ1) is 18.0. The lowest BCUT2D eigenvalue weighted by atomic mass is 10.1. The average molecular weight is 357 g/mol. The quantitative estimate of drug-likeness (QED) is 0.855. The minimum Gasteiger partial charge on any atom is -0.485 e. The molecule has 2 aromatic rings. The van der Waals surface area contributed by atoms with Crippen molar-refractivity contribution in [3.63, 3.8) is 0 Å². The molecule has 0 spiro atoms. The molecule has 1 N–H and O–H groups in total. The normalized spacial score (nSPS) is 16.7. The van der Waals surface area contributed by atoms with Crippen LogP contribution < -0.4 is 4.74 Å². The van der Waals surface area contributed by atoms with E-state index in [4.69, 9.17) is 14.3 Å². The van der Waals surface area contributed by atoms with E-state index in [1.807, 2.05) is 32.0 Å². The van der Waals surface area contributed by atoms with Gasteiger partial charge in [-0.3, -0.25) is 9.59 Å². The maximum Gasteiger partial charge on any atom is 0.305 e. The Morgan fingerprint density at radius 1 is 1.27 bits per heavy atom. The number of aliphatic carboxylic acids is 1. The highest BCUT2D eigenvalue weighted by Crippen LogP contribution is 2.24. The first-order valence-corrected chi connectivity index (χ1v) is 8.75. The van der Waals surface area contributed by atoms with Crippen molar-refractivity contribution >= 4 is 11.9 Å². The number of likely N-dealkylation sites (tertiary alicyclic amines) is 1. The minimum atomic E-state index is -0.892. The summed E-state index contributed by atoms with van der Waals surface area (Å²) >= 11 is 0. The fraction of sp³-hybridized carbons (Fsp3) is 0.400. The molecule has 3 rings (SSSR count). The maximum atomic E-state index is 12.6. The molecular formula is C20H23NO5. The monoisotopic (exact) mass is 357 g/mol. The Kier molecular flexibility index (Phi) is 5.30. The molecular weight excluding hydrogens is 334 g/mol. The highest BCUT2D eigenvalue weighted by atomic mass is 16.5. The number of benzene rings is 1. The first-order valence-electron chi connectivity index (χ1n) is 8.75. The van der Waals surface area contributed by atoms with Gasteiger partial charge in [-0.25, -0.2) is 0 Å². The number of carboxylic acid groups (broad SMARTS) is 1. The van der Waals surface area contributed by atoms with E-state index in [-0.39, 0.29) is 30.7 Å². The van der Waals surface area contributed by atoms with Crippen LogP contribution >= 0.6 is 0 Å². The Balaban J connectivity index is 1.63. The Bertz CT molecular complexity index is 810. The fourth-order valence-electron chi connectivity index (χ4n) is 3.34. The van der Waals surface area contributed by atoms with Crippen LogP contribution in [-0.4, -0.2) is 34.5 Å². The van der Waals surface area contributed by atoms with Crippen LogP contribution in [0.2, 0.25) is 0 Å². The van der Waals surface area contributed by atoms with Crippen LogP contribution in [0.3, 0.4) is 0 Å². The van der Waals surface area contributed by atoms with Crippen molar-refractivity contribution in [2.75, 3.05) is 6.54 Å². The summed E-state index contributed by atoms with van der Waals surface area (Å²) in [6.07, 6.45) is 1.49. The lowest BCUT2D eigenvalue weighted by molar-refractivity contribution is -0.137. The van der Waals surface area contributed by atoms with Gasteiger partial charge in [0.25, 0.3) is 5.91 Å². The Morgan fingerprint density at radius 3 is 2.81 bits per heavy atom. The molecule has 1 fully saturated rings. The van der Waals surface area contributed by atoms with Crippen LogP contribution in [0.4, 0.5) is 0 Å². The van der Waals surface area contributed by atoms with E-state index in [2.05, 4.69) is 0 Å². The molecule has 1 aliphatic rings. The van der Waals surface area contributed by atoms with Gasteiger partial charge >= 0.3 is 5.97 Å². The molecule has 1 unspecified atom stereocenters. The van der Waals surface area contributed by atoms with Crippen LogP contribution in [-0.2, 0) is 11.4 Å². The molecule has 0 aliphatic carbocycles. The third kappa shape index (κ3) is 4.07. The van der Waals surface area contributed by atoms with E-state index in [9.17, 15) is 9.59 Å². The Hall–Kier alpha value is -2.76. The van der Waals surface area contributed by atoms with Gasteiger partial charge in [0, 0.05) is 12.6 Å². The topological polar surface area (TPSA) is 80.0 Å². The summed E-state index contributed by atoms with van der Waals surface area (Å²) in [5, 5.41) is 8.99. The van der Waals surface area contributed by atoms with Gasteiger partial charge in [0.2, 0.25) is 0 Å². The molecule has 0 bridgehead atoms. The molecule has 0 saturated carbocycles. The number of hydrogen-bond acceptors (Lipinski definition) is 4. The number of carboxylic acids is 1. The summed E-state index contributed by atoms with van der Waals surface area (Å²) in [6, 6.07) is 9.02. The van der Waals surface area contributed by atoms with Crippen molar-refractivity contribution in [1.29, 1.82) is 0 Å². The maximum absolute atomic E-state index is 12.6. The molecule has 2 heterocycles. The zero-order chi connectivity index (χ0) is 18.7. The smallest absolute Gasteiger partial charge is 0.305 e. The number of amides is 1. The molecule has 1 aromatic heterocycles. The van der Waals surface area contributed by atoms with Gasteiger partial charge in [-0.05, 0) is 50.5 Å². The molecule has 1 saturated heterocycles. The number of furan rings is 1. The number of aryl methyl sites for hydroxylation is 2. The van der Waals surface area contributed by atoms with E-state index < -0.39 is 5.97 Å². The molecule has 26 heavy (non-hydrogen) atoms. The highest BCUT2D eigenvalue weighted by Gasteiger charge is 2.32. The predicted octanol–water partition coefficient (Wildman–Crippen LogP) is 3.55. The molecule has 138 valence electrons. The van der Waals surface area contributed by atoms with Gasteiger partial charge < -0.3 is 19.2 Å². The Morgan fingerprint density at radius 2 is 2.08 bits per heavy atom. The number of carbonyl (C=O) groups excluding carboxylic acids is 1. The largest absolute Gasteiger partial charge is 0.485 e. The van der Waals surface area contributed by atoms with Crippen molar-refractivity contribution in [2.45, 2.75) is 45.8 Å². The standard InChI is InChI=1S/C20H23NO5/c1-13-5-7-17(14(2)10-13)25-12-16-6-8-18(26-16)20(24)21-9-3-4-15(21)11-19(22)23/h5-8,10,15H,3-4,9,11-12H2,1-2H3,(H,22,23). The third-order valence-corrected chi connectivity index (χ3v) is 4.62. The second-order valence-electron chi connectivity index (χ2n) is 6.72. The minimum absolute atomic E-state index is 0.0326. The lowest BCUT2D eigenvalue weighted by Gasteiger charge is -2.22. The molecule has 0 radical (unpaired) electrons. The lowest BCUT2D eigenvalue weighted by Crippen LogP contribution is -2.36. The van der Waals surface area contributed by atoms with Crippen LogP contribution in [0.25, 0.3) is 0 Å². The second-order valence-corrected chi connectivity index (χ2v) is 6.72. The molecule has 1 atom stereocenters. The summed E-state index contributed by atoms with van der Waals surface area (Å²) < 4.78 is 11.4. The fourth-order valence-corrected chi connectivity index (χ4v) is 3.34. The van der Waals surface area contributed by atoms with Crippen LogP contribution in [0.5, 0.6) is 5.75 Å². The highest BCUT2D eigenvalue weighted by molar-refractivity contribution is 5.92. The van der Waals surface area contributed by atoms with Crippen molar-refractivity contribution in [2.24, 2.45) is 0 Å². The van der Waals surface area contributed by atoms with E-state index in [1.165, 1.54) is 5.56 Å². The molecule has 1 aromatic carbocycles. The zero-order valence-corrected chi connectivity index (χ0v) is 15.0. The second kappa shape index (κ2) is 7.64. The number of rotatable bonds is 6. The number of carbonyl (C=O) groups is 2.